The molecule has 2 nitrogen and oxygen atoms in total. The topological polar surface area (TPSA) is 38.9 Å². The lowest BCUT2D eigenvalue weighted by Gasteiger charge is -2.04. The average molecular weight is 157 g/mol. The van der Waals surface area contributed by atoms with Gasteiger partial charge in [-0.2, -0.15) is 0 Å². The minimum Gasteiger partial charge on any atom is -0.323 e. The Morgan fingerprint density at radius 2 is 2.40 bits per heavy atom. The van der Waals surface area contributed by atoms with Crippen LogP contribution in [0.2, 0.25) is 5.02 Å². The van der Waals surface area contributed by atoms with Crippen molar-refractivity contribution in [3.63, 3.8) is 0 Å². The van der Waals surface area contributed by atoms with Gasteiger partial charge >= 0.3 is 0 Å². The van der Waals surface area contributed by atoms with E-state index in [9.17, 15) is 0 Å². The van der Waals surface area contributed by atoms with Gasteiger partial charge in [0.05, 0.1) is 10.7 Å². The zero-order valence-electron chi connectivity index (χ0n) is 5.71. The molecule has 0 radical (unpaired) electrons. The fourth-order valence-electron chi connectivity index (χ4n) is 0.733. The van der Waals surface area contributed by atoms with Crippen LogP contribution in [0.5, 0.6) is 0 Å². The van der Waals surface area contributed by atoms with E-state index in [0.717, 1.165) is 5.69 Å². The lowest BCUT2D eigenvalue weighted by molar-refractivity contribution is 0.781. The van der Waals surface area contributed by atoms with Crippen LogP contribution < -0.4 is 5.73 Å². The molecule has 1 rings (SSSR count). The SMILES string of the molecule is CC(N)c1ncccc1Cl. The standard InChI is InChI=1S/C7H9ClN2/c1-5(9)7-6(8)3-2-4-10-7/h2-5H,9H2,1H3. The van der Waals surface area contributed by atoms with Gasteiger partial charge in [-0.1, -0.05) is 11.6 Å². The summed E-state index contributed by atoms with van der Waals surface area (Å²) in [6.45, 7) is 1.86. The molecule has 0 aliphatic heterocycles. The highest BCUT2D eigenvalue weighted by atomic mass is 35.5. The molecule has 1 atom stereocenters. The van der Waals surface area contributed by atoms with Gasteiger partial charge in [0.15, 0.2) is 0 Å². The summed E-state index contributed by atoms with van der Waals surface area (Å²) in [6, 6.07) is 3.48. The van der Waals surface area contributed by atoms with E-state index in [1.807, 2.05) is 6.92 Å². The first-order valence-electron chi connectivity index (χ1n) is 3.08. The Bertz CT molecular complexity index is 223. The maximum atomic E-state index is 5.78. The number of halogens is 1. The zero-order chi connectivity index (χ0) is 7.56. The van der Waals surface area contributed by atoms with Crippen LogP contribution in [0.3, 0.4) is 0 Å². The molecule has 1 aromatic heterocycles. The molecule has 0 amide bonds. The minimum atomic E-state index is -0.0892. The predicted octanol–water partition coefficient (Wildman–Crippen LogP) is 1.75. The van der Waals surface area contributed by atoms with Crippen molar-refractivity contribution in [1.29, 1.82) is 0 Å². The number of hydrogen-bond acceptors (Lipinski definition) is 2. The van der Waals surface area contributed by atoms with E-state index >= 15 is 0 Å². The third-order valence-electron chi connectivity index (χ3n) is 1.22. The van der Waals surface area contributed by atoms with Crippen molar-refractivity contribution in [3.8, 4) is 0 Å². The molecule has 10 heavy (non-hydrogen) atoms. The van der Waals surface area contributed by atoms with Crippen LogP contribution in [-0.4, -0.2) is 4.98 Å². The molecule has 1 heterocycles. The zero-order valence-corrected chi connectivity index (χ0v) is 6.47. The molecule has 0 aliphatic rings. The Balaban J connectivity index is 3.03. The number of nitrogens with two attached hydrogens (primary N) is 1. The Kier molecular flexibility index (Phi) is 2.25. The van der Waals surface area contributed by atoms with Crippen molar-refractivity contribution in [3.05, 3.63) is 29.0 Å². The highest BCUT2D eigenvalue weighted by Crippen LogP contribution is 2.16. The van der Waals surface area contributed by atoms with Crippen LogP contribution >= 0.6 is 11.6 Å². The number of pyridine rings is 1. The van der Waals surface area contributed by atoms with E-state index in [4.69, 9.17) is 17.3 Å². The molecule has 0 saturated carbocycles. The van der Waals surface area contributed by atoms with Gasteiger partial charge in [-0.25, -0.2) is 0 Å². The quantitative estimate of drug-likeness (QED) is 0.673. The van der Waals surface area contributed by atoms with Crippen molar-refractivity contribution in [1.82, 2.24) is 4.98 Å². The van der Waals surface area contributed by atoms with Crippen molar-refractivity contribution in [2.24, 2.45) is 5.73 Å². The first kappa shape index (κ1) is 7.51. The number of nitrogens with zero attached hydrogens (tertiary/aromatic N) is 1. The lowest BCUT2D eigenvalue weighted by Crippen LogP contribution is -2.07. The Morgan fingerprint density at radius 1 is 1.70 bits per heavy atom. The van der Waals surface area contributed by atoms with E-state index < -0.39 is 0 Å². The summed E-state index contributed by atoms with van der Waals surface area (Å²) in [5.74, 6) is 0. The molecule has 54 valence electrons. The largest absolute Gasteiger partial charge is 0.323 e. The summed E-state index contributed by atoms with van der Waals surface area (Å²) in [4.78, 5) is 4.02. The van der Waals surface area contributed by atoms with E-state index in [0.29, 0.717) is 5.02 Å². The smallest absolute Gasteiger partial charge is 0.0753 e. The summed E-state index contributed by atoms with van der Waals surface area (Å²) in [7, 11) is 0. The second-order valence-corrected chi connectivity index (χ2v) is 2.57. The Morgan fingerprint density at radius 3 is 2.80 bits per heavy atom. The van der Waals surface area contributed by atoms with Gasteiger partial charge in [0, 0.05) is 12.2 Å². The van der Waals surface area contributed by atoms with Gasteiger partial charge < -0.3 is 5.73 Å². The molecule has 3 heteroatoms. The molecule has 0 aliphatic carbocycles. The molecule has 0 spiro atoms. The van der Waals surface area contributed by atoms with E-state index in [1.54, 1.807) is 18.3 Å². The normalized spacial score (nSPS) is 13.1. The summed E-state index contributed by atoms with van der Waals surface area (Å²) < 4.78 is 0. The van der Waals surface area contributed by atoms with Crippen LogP contribution in [0.15, 0.2) is 18.3 Å². The Labute approximate surface area is 65.0 Å². The third kappa shape index (κ3) is 1.46. The maximum Gasteiger partial charge on any atom is 0.0753 e. The molecular weight excluding hydrogens is 148 g/mol. The van der Waals surface area contributed by atoms with Crippen LogP contribution in [-0.2, 0) is 0 Å². The van der Waals surface area contributed by atoms with Gasteiger partial charge in [-0.15, -0.1) is 0 Å². The molecule has 1 unspecified atom stereocenters. The number of rotatable bonds is 1. The highest BCUT2D eigenvalue weighted by Gasteiger charge is 2.03. The molecule has 0 aromatic carbocycles. The highest BCUT2D eigenvalue weighted by molar-refractivity contribution is 6.31. The van der Waals surface area contributed by atoms with Crippen LogP contribution in [0.1, 0.15) is 18.7 Å². The Hall–Kier alpha value is -0.600. The first-order valence-corrected chi connectivity index (χ1v) is 3.45. The average Bonchev–Trinajstić information content (AvgIpc) is 1.88. The van der Waals surface area contributed by atoms with Crippen molar-refractivity contribution >= 4 is 11.6 Å². The molecular formula is C7H9ClN2. The summed E-state index contributed by atoms with van der Waals surface area (Å²) in [6.07, 6.45) is 1.69. The van der Waals surface area contributed by atoms with Gasteiger partial charge in [-0.05, 0) is 19.1 Å². The lowest BCUT2D eigenvalue weighted by atomic mass is 10.2. The summed E-state index contributed by atoms with van der Waals surface area (Å²) in [5.41, 5.74) is 6.32. The van der Waals surface area contributed by atoms with Crippen molar-refractivity contribution in [2.45, 2.75) is 13.0 Å². The second-order valence-electron chi connectivity index (χ2n) is 2.16. The predicted molar refractivity (Wildman–Crippen MR) is 41.8 cm³/mol. The van der Waals surface area contributed by atoms with Crippen molar-refractivity contribution < 1.29 is 0 Å². The molecule has 0 fully saturated rings. The van der Waals surface area contributed by atoms with Crippen LogP contribution in [0, 0.1) is 0 Å². The molecule has 0 bridgehead atoms. The fourth-order valence-corrected chi connectivity index (χ4v) is 1.03. The molecule has 0 saturated heterocycles. The van der Waals surface area contributed by atoms with E-state index in [1.165, 1.54) is 0 Å². The monoisotopic (exact) mass is 156 g/mol. The van der Waals surface area contributed by atoms with E-state index in [-0.39, 0.29) is 6.04 Å². The fraction of sp³-hybridized carbons (Fsp3) is 0.286. The van der Waals surface area contributed by atoms with Gasteiger partial charge in [-0.3, -0.25) is 4.98 Å². The second kappa shape index (κ2) is 2.99. The number of hydrogen-bond donors (Lipinski definition) is 1. The molecule has 1 aromatic rings. The summed E-state index contributed by atoms with van der Waals surface area (Å²) in [5, 5.41) is 0.637. The number of aromatic nitrogens is 1. The first-order chi connectivity index (χ1) is 4.72. The van der Waals surface area contributed by atoms with Gasteiger partial charge in [0.1, 0.15) is 0 Å². The van der Waals surface area contributed by atoms with Crippen molar-refractivity contribution in [2.75, 3.05) is 0 Å². The van der Waals surface area contributed by atoms with Crippen LogP contribution in [0.25, 0.3) is 0 Å². The van der Waals surface area contributed by atoms with Gasteiger partial charge in [0.25, 0.3) is 0 Å². The summed E-state index contributed by atoms with van der Waals surface area (Å²) >= 11 is 5.78. The third-order valence-corrected chi connectivity index (χ3v) is 1.54. The molecule has 2 N–H and O–H groups in total. The van der Waals surface area contributed by atoms with Crippen LogP contribution in [0.4, 0.5) is 0 Å². The minimum absolute atomic E-state index is 0.0892. The van der Waals surface area contributed by atoms with E-state index in [2.05, 4.69) is 4.98 Å². The maximum absolute atomic E-state index is 5.78. The van der Waals surface area contributed by atoms with Gasteiger partial charge in [0.2, 0.25) is 0 Å².